The van der Waals surface area contributed by atoms with Gasteiger partial charge in [-0.25, -0.2) is 16.8 Å². The van der Waals surface area contributed by atoms with Crippen molar-refractivity contribution in [1.82, 2.24) is 5.32 Å². The molecule has 0 saturated heterocycles. The van der Waals surface area contributed by atoms with Crippen molar-refractivity contribution in [2.75, 3.05) is 37.8 Å². The molecule has 0 heterocycles. The number of sulfone groups is 2. The Morgan fingerprint density at radius 3 is 1.52 bits per heavy atom. The van der Waals surface area contributed by atoms with Gasteiger partial charge in [-0.05, 0) is 0 Å². The first kappa shape index (κ1) is 19.9. The van der Waals surface area contributed by atoms with Gasteiger partial charge in [-0.3, -0.25) is 0 Å². The van der Waals surface area contributed by atoms with Crippen molar-refractivity contribution >= 4 is 19.7 Å². The van der Waals surface area contributed by atoms with Gasteiger partial charge < -0.3 is 14.8 Å². The maximum atomic E-state index is 11.1. The van der Waals surface area contributed by atoms with Crippen LogP contribution in [-0.2, 0) is 29.1 Å². The lowest BCUT2D eigenvalue weighted by molar-refractivity contribution is 0.228. The summed E-state index contributed by atoms with van der Waals surface area (Å²) in [5, 5.41) is 5.07. The molecule has 0 aromatic carbocycles. The monoisotopic (exact) mass is 341 g/mol. The molecule has 0 rings (SSSR count). The van der Waals surface area contributed by atoms with Gasteiger partial charge in [-0.1, -0.05) is 13.8 Å². The summed E-state index contributed by atoms with van der Waals surface area (Å²) in [6.45, 7) is 4.82. The molecule has 7 nitrogen and oxygen atoms in total. The Morgan fingerprint density at radius 1 is 0.810 bits per heavy atom. The molecule has 0 bridgehead atoms. The molecule has 0 spiro atoms. The standard InChI is InChI=1S/C12H23NO6S2/c1-3-20(14,15)11-9-18-7-5-13-6-8-19-10-12-21(16,17)4-2/h9-13H,3-8H2,1-2H3. The second-order valence-electron chi connectivity index (χ2n) is 3.94. The van der Waals surface area contributed by atoms with Crippen molar-refractivity contribution in [2.24, 2.45) is 0 Å². The molecular formula is C12H23NO6S2. The summed E-state index contributed by atoms with van der Waals surface area (Å²) in [5.41, 5.74) is 0. The molecule has 0 aromatic rings. The summed E-state index contributed by atoms with van der Waals surface area (Å²) in [4.78, 5) is 0. The van der Waals surface area contributed by atoms with Crippen LogP contribution in [0, 0.1) is 0 Å². The van der Waals surface area contributed by atoms with Crippen LogP contribution in [0.25, 0.3) is 0 Å². The smallest absolute Gasteiger partial charge is 0.174 e. The highest BCUT2D eigenvalue weighted by molar-refractivity contribution is 7.94. The molecule has 0 aromatic heterocycles. The summed E-state index contributed by atoms with van der Waals surface area (Å²) < 4.78 is 54.3. The Hall–Kier alpha value is -1.06. The van der Waals surface area contributed by atoms with E-state index in [9.17, 15) is 16.8 Å². The van der Waals surface area contributed by atoms with Crippen molar-refractivity contribution < 1.29 is 26.3 Å². The van der Waals surface area contributed by atoms with Gasteiger partial charge in [0.2, 0.25) is 0 Å². The number of nitrogens with one attached hydrogen (secondary N) is 1. The first-order chi connectivity index (χ1) is 9.83. The zero-order valence-corrected chi connectivity index (χ0v) is 14.0. The maximum Gasteiger partial charge on any atom is 0.174 e. The van der Waals surface area contributed by atoms with Crippen LogP contribution >= 0.6 is 0 Å². The predicted molar refractivity (Wildman–Crippen MR) is 82.0 cm³/mol. The van der Waals surface area contributed by atoms with Crippen LogP contribution in [0.1, 0.15) is 13.8 Å². The summed E-state index contributed by atoms with van der Waals surface area (Å²) in [6, 6.07) is 0. The minimum absolute atomic E-state index is 0.0454. The van der Waals surface area contributed by atoms with E-state index in [2.05, 4.69) is 5.32 Å². The van der Waals surface area contributed by atoms with Gasteiger partial charge in [0.1, 0.15) is 0 Å². The van der Waals surface area contributed by atoms with Crippen molar-refractivity contribution in [2.45, 2.75) is 13.8 Å². The molecule has 21 heavy (non-hydrogen) atoms. The van der Waals surface area contributed by atoms with E-state index < -0.39 is 19.7 Å². The van der Waals surface area contributed by atoms with E-state index in [1.165, 1.54) is 0 Å². The molecule has 0 radical (unpaired) electrons. The highest BCUT2D eigenvalue weighted by Gasteiger charge is 2.00. The zero-order chi connectivity index (χ0) is 16.2. The Morgan fingerprint density at radius 2 is 1.19 bits per heavy atom. The van der Waals surface area contributed by atoms with Crippen LogP contribution in [0.15, 0.2) is 23.3 Å². The van der Waals surface area contributed by atoms with E-state index in [4.69, 9.17) is 9.47 Å². The molecule has 1 N–H and O–H groups in total. The van der Waals surface area contributed by atoms with Crippen molar-refractivity contribution in [3.05, 3.63) is 23.3 Å². The normalized spacial score (nSPS) is 13.0. The lowest BCUT2D eigenvalue weighted by Crippen LogP contribution is -2.22. The van der Waals surface area contributed by atoms with E-state index in [1.807, 2.05) is 0 Å². The fraction of sp³-hybridized carbons (Fsp3) is 0.667. The Balaban J connectivity index is 3.54. The maximum absolute atomic E-state index is 11.1. The van der Waals surface area contributed by atoms with E-state index in [-0.39, 0.29) is 11.5 Å². The highest BCUT2D eigenvalue weighted by atomic mass is 32.2. The van der Waals surface area contributed by atoms with Gasteiger partial charge in [0.15, 0.2) is 19.7 Å². The first-order valence-corrected chi connectivity index (χ1v) is 9.98. The lowest BCUT2D eigenvalue weighted by atomic mass is 10.6. The third kappa shape index (κ3) is 12.4. The molecule has 0 fully saturated rings. The van der Waals surface area contributed by atoms with Gasteiger partial charge in [0, 0.05) is 13.1 Å². The second-order valence-corrected chi connectivity index (χ2v) is 8.29. The summed E-state index contributed by atoms with van der Waals surface area (Å²) in [6.07, 6.45) is 2.32. The SMILES string of the molecule is CCS(=O)(=O)C=COCCNCCOC=CS(=O)(=O)CC. The minimum atomic E-state index is -3.14. The van der Waals surface area contributed by atoms with Crippen molar-refractivity contribution in [3.63, 3.8) is 0 Å². The van der Waals surface area contributed by atoms with Crippen LogP contribution in [0.5, 0.6) is 0 Å². The number of hydrogen-bond acceptors (Lipinski definition) is 7. The molecule has 0 atom stereocenters. The van der Waals surface area contributed by atoms with Gasteiger partial charge in [0.05, 0.1) is 48.1 Å². The van der Waals surface area contributed by atoms with Crippen LogP contribution in [0.3, 0.4) is 0 Å². The number of ether oxygens (including phenoxy) is 2. The van der Waals surface area contributed by atoms with Gasteiger partial charge in [-0.15, -0.1) is 0 Å². The molecule has 9 heteroatoms. The van der Waals surface area contributed by atoms with Crippen LogP contribution in [-0.4, -0.2) is 54.6 Å². The molecule has 0 unspecified atom stereocenters. The van der Waals surface area contributed by atoms with E-state index >= 15 is 0 Å². The zero-order valence-electron chi connectivity index (χ0n) is 12.3. The first-order valence-electron chi connectivity index (χ1n) is 6.55. The van der Waals surface area contributed by atoms with Gasteiger partial charge >= 0.3 is 0 Å². The average Bonchev–Trinajstić information content (AvgIpc) is 2.44. The molecule has 0 saturated carbocycles. The van der Waals surface area contributed by atoms with E-state index in [0.29, 0.717) is 26.3 Å². The van der Waals surface area contributed by atoms with Crippen LogP contribution in [0.2, 0.25) is 0 Å². The predicted octanol–water partition coefficient (Wildman–Crippen LogP) is 0.421. The number of rotatable bonds is 12. The molecule has 0 aliphatic rings. The third-order valence-electron chi connectivity index (χ3n) is 2.32. The highest BCUT2D eigenvalue weighted by Crippen LogP contribution is 1.92. The molecular weight excluding hydrogens is 318 g/mol. The van der Waals surface area contributed by atoms with Crippen LogP contribution in [0.4, 0.5) is 0 Å². The van der Waals surface area contributed by atoms with Crippen LogP contribution < -0.4 is 5.32 Å². The molecule has 0 aliphatic heterocycles. The topological polar surface area (TPSA) is 98.8 Å². The van der Waals surface area contributed by atoms with Crippen molar-refractivity contribution in [3.8, 4) is 0 Å². The summed E-state index contributed by atoms with van der Waals surface area (Å²) in [5.74, 6) is 0.0907. The fourth-order valence-electron chi connectivity index (χ4n) is 0.964. The van der Waals surface area contributed by atoms with Gasteiger partial charge in [0.25, 0.3) is 0 Å². The Bertz CT molecular complexity index is 474. The Labute approximate surface area is 126 Å². The Kier molecular flexibility index (Phi) is 10.1. The van der Waals surface area contributed by atoms with E-state index in [1.54, 1.807) is 13.8 Å². The quantitative estimate of drug-likeness (QED) is 0.406. The average molecular weight is 341 g/mol. The minimum Gasteiger partial charge on any atom is -0.499 e. The summed E-state index contributed by atoms with van der Waals surface area (Å²) in [7, 11) is -6.29. The largest absolute Gasteiger partial charge is 0.499 e. The fourth-order valence-corrected chi connectivity index (χ4v) is 1.84. The van der Waals surface area contributed by atoms with Crippen molar-refractivity contribution in [1.29, 1.82) is 0 Å². The lowest BCUT2D eigenvalue weighted by Gasteiger charge is -2.04. The number of hydrogen-bond donors (Lipinski definition) is 1. The molecule has 124 valence electrons. The van der Waals surface area contributed by atoms with E-state index in [0.717, 1.165) is 23.3 Å². The molecule has 0 aliphatic carbocycles. The third-order valence-corrected chi connectivity index (χ3v) is 4.98. The summed E-state index contributed by atoms with van der Waals surface area (Å²) >= 11 is 0. The van der Waals surface area contributed by atoms with Gasteiger partial charge in [-0.2, -0.15) is 0 Å². The second kappa shape index (κ2) is 10.6. The molecule has 0 amide bonds.